The van der Waals surface area contributed by atoms with Gasteiger partial charge in [-0.3, -0.25) is 14.6 Å². The minimum atomic E-state index is -3.33. The van der Waals surface area contributed by atoms with E-state index in [1.807, 2.05) is 0 Å². The minimum absolute atomic E-state index is 0.201. The Morgan fingerprint density at radius 1 is 1.42 bits per heavy atom. The predicted molar refractivity (Wildman–Crippen MR) is 72.0 cm³/mol. The molecular weight excluding hydrogens is 268 g/mol. The molecule has 0 fully saturated rings. The van der Waals surface area contributed by atoms with E-state index in [4.69, 9.17) is 0 Å². The number of urea groups is 1. The molecule has 0 unspecified atom stereocenters. The molecule has 1 aromatic rings. The van der Waals surface area contributed by atoms with Crippen molar-refractivity contribution < 1.29 is 13.2 Å². The number of aliphatic imine (C=N–C) groups is 1. The fourth-order valence-corrected chi connectivity index (χ4v) is 2.73. The summed E-state index contributed by atoms with van der Waals surface area (Å²) in [4.78, 5) is 17.6. The Bertz CT molecular complexity index is 696. The summed E-state index contributed by atoms with van der Waals surface area (Å²) < 4.78 is 24.9. The van der Waals surface area contributed by atoms with E-state index >= 15 is 0 Å². The Morgan fingerprint density at radius 3 is 2.95 bits per heavy atom. The number of carbonyl (C=O) groups is 1. The Morgan fingerprint density at radius 2 is 2.21 bits per heavy atom. The number of anilines is 2. The van der Waals surface area contributed by atoms with Crippen molar-refractivity contribution in [3.63, 3.8) is 0 Å². The number of nitrogens with one attached hydrogen (secondary N) is 2. The number of amidine groups is 1. The van der Waals surface area contributed by atoms with Gasteiger partial charge in [-0.2, -0.15) is 0 Å². The number of benzene rings is 1. The fraction of sp³-hybridized carbons (Fsp3) is 0.273. The van der Waals surface area contributed by atoms with Gasteiger partial charge in [0.15, 0.2) is 0 Å². The maximum Gasteiger partial charge on any atom is 0.327 e. The monoisotopic (exact) mass is 280 g/mol. The van der Waals surface area contributed by atoms with Crippen LogP contribution in [0.2, 0.25) is 0 Å². The first-order valence-corrected chi connectivity index (χ1v) is 7.58. The van der Waals surface area contributed by atoms with Gasteiger partial charge < -0.3 is 5.32 Å². The van der Waals surface area contributed by atoms with Crippen LogP contribution in [0.3, 0.4) is 0 Å². The lowest BCUT2D eigenvalue weighted by Gasteiger charge is -2.26. The summed E-state index contributed by atoms with van der Waals surface area (Å²) in [5, 5.41) is 2.75. The summed E-state index contributed by atoms with van der Waals surface area (Å²) in [5.41, 5.74) is 1.82. The van der Waals surface area contributed by atoms with Crippen LogP contribution < -0.4 is 10.0 Å². The van der Waals surface area contributed by atoms with Gasteiger partial charge in [0.2, 0.25) is 10.0 Å². The highest BCUT2D eigenvalue weighted by Crippen LogP contribution is 2.28. The molecule has 0 bridgehead atoms. The highest BCUT2D eigenvalue weighted by Gasteiger charge is 2.31. The Labute approximate surface area is 110 Å². The van der Waals surface area contributed by atoms with E-state index in [2.05, 4.69) is 15.0 Å². The molecule has 19 heavy (non-hydrogen) atoms. The van der Waals surface area contributed by atoms with Crippen LogP contribution in [-0.2, 0) is 10.0 Å². The maximum absolute atomic E-state index is 11.8. The lowest BCUT2D eigenvalue weighted by atomic mass is 10.1. The molecule has 0 radical (unpaired) electrons. The van der Waals surface area contributed by atoms with E-state index in [1.165, 1.54) is 0 Å². The number of hydrogen-bond acceptors (Lipinski definition) is 4. The molecule has 0 saturated carbocycles. The van der Waals surface area contributed by atoms with Gasteiger partial charge in [-0.05, 0) is 18.2 Å². The van der Waals surface area contributed by atoms with E-state index in [-0.39, 0.29) is 6.03 Å². The average molecular weight is 280 g/mol. The van der Waals surface area contributed by atoms with Crippen molar-refractivity contribution >= 4 is 33.3 Å². The number of hydrogen-bond donors (Lipinski definition) is 2. The molecule has 0 aromatic heterocycles. The second kappa shape index (κ2) is 3.95. The molecule has 100 valence electrons. The minimum Gasteiger partial charge on any atom is -0.307 e. The second-order valence-electron chi connectivity index (χ2n) is 4.42. The quantitative estimate of drug-likeness (QED) is 0.834. The summed E-state index contributed by atoms with van der Waals surface area (Å²) in [6.45, 7) is 1.11. The third-order valence-corrected chi connectivity index (χ3v) is 3.50. The zero-order valence-electron chi connectivity index (χ0n) is 10.2. The average Bonchev–Trinajstić information content (AvgIpc) is 2.78. The van der Waals surface area contributed by atoms with Crippen LogP contribution >= 0.6 is 0 Å². The molecule has 7 nitrogen and oxygen atoms in total. The number of sulfonamides is 1. The Kier molecular flexibility index (Phi) is 2.49. The molecule has 1 aromatic carbocycles. The van der Waals surface area contributed by atoms with Crippen molar-refractivity contribution in [1.82, 2.24) is 4.90 Å². The van der Waals surface area contributed by atoms with Gasteiger partial charge in [0, 0.05) is 17.8 Å². The number of fused-ring (bicyclic) bond motifs is 3. The lowest BCUT2D eigenvalue weighted by molar-refractivity contribution is 0.235. The van der Waals surface area contributed by atoms with Crippen LogP contribution in [-0.4, -0.2) is 44.5 Å². The van der Waals surface area contributed by atoms with Gasteiger partial charge in [0.25, 0.3) is 0 Å². The molecule has 0 spiro atoms. The van der Waals surface area contributed by atoms with Crippen molar-refractivity contribution in [3.05, 3.63) is 23.8 Å². The van der Waals surface area contributed by atoms with Crippen molar-refractivity contribution in [3.8, 4) is 0 Å². The normalized spacial score (nSPS) is 17.4. The fourth-order valence-electron chi connectivity index (χ4n) is 2.17. The molecule has 0 atom stereocenters. The molecule has 2 heterocycles. The van der Waals surface area contributed by atoms with E-state index in [9.17, 15) is 13.2 Å². The van der Waals surface area contributed by atoms with Crippen LogP contribution in [0.4, 0.5) is 16.2 Å². The SMILES string of the molecule is CS(=O)(=O)Nc1ccc2c(c1)C1=NCCN1C(=O)N2. The van der Waals surface area contributed by atoms with Gasteiger partial charge in [-0.25, -0.2) is 13.2 Å². The van der Waals surface area contributed by atoms with Crippen LogP contribution in [0.1, 0.15) is 5.56 Å². The first-order valence-electron chi connectivity index (χ1n) is 5.69. The molecule has 8 heteroatoms. The zero-order chi connectivity index (χ0) is 13.6. The third kappa shape index (κ3) is 2.14. The lowest BCUT2D eigenvalue weighted by Crippen LogP contribution is -2.42. The van der Waals surface area contributed by atoms with E-state index < -0.39 is 10.0 Å². The summed E-state index contributed by atoms with van der Waals surface area (Å²) in [7, 11) is -3.33. The van der Waals surface area contributed by atoms with Gasteiger partial charge in [-0.1, -0.05) is 0 Å². The summed E-state index contributed by atoms with van der Waals surface area (Å²) in [6, 6.07) is 4.74. The molecule has 2 N–H and O–H groups in total. The summed E-state index contributed by atoms with van der Waals surface area (Å²) in [5.74, 6) is 0.593. The van der Waals surface area contributed by atoms with Crippen molar-refractivity contribution in [2.75, 3.05) is 29.4 Å². The molecular formula is C11H12N4O3S. The molecule has 0 aliphatic carbocycles. The summed E-state index contributed by atoms with van der Waals surface area (Å²) >= 11 is 0. The molecule has 0 saturated heterocycles. The molecule has 2 aliphatic heterocycles. The first-order chi connectivity index (χ1) is 8.94. The van der Waals surface area contributed by atoms with E-state index in [0.29, 0.717) is 30.3 Å². The van der Waals surface area contributed by atoms with Crippen LogP contribution in [0.25, 0.3) is 0 Å². The van der Waals surface area contributed by atoms with Crippen LogP contribution in [0.15, 0.2) is 23.2 Å². The van der Waals surface area contributed by atoms with E-state index in [0.717, 1.165) is 11.8 Å². The van der Waals surface area contributed by atoms with Crippen molar-refractivity contribution in [2.45, 2.75) is 0 Å². The maximum atomic E-state index is 11.8. The second-order valence-corrected chi connectivity index (χ2v) is 6.17. The molecule has 2 aliphatic rings. The first kappa shape index (κ1) is 12.0. The van der Waals surface area contributed by atoms with Crippen molar-refractivity contribution in [1.29, 1.82) is 0 Å². The van der Waals surface area contributed by atoms with Gasteiger partial charge >= 0.3 is 6.03 Å². The highest BCUT2D eigenvalue weighted by atomic mass is 32.2. The third-order valence-electron chi connectivity index (χ3n) is 2.89. The topological polar surface area (TPSA) is 90.9 Å². The number of nitrogens with zero attached hydrogens (tertiary/aromatic N) is 2. The highest BCUT2D eigenvalue weighted by molar-refractivity contribution is 7.92. The van der Waals surface area contributed by atoms with Crippen LogP contribution in [0.5, 0.6) is 0 Å². The Hall–Kier alpha value is -2.09. The predicted octanol–water partition coefficient (Wildman–Crippen LogP) is 0.666. The van der Waals surface area contributed by atoms with Crippen LogP contribution in [0, 0.1) is 0 Å². The zero-order valence-corrected chi connectivity index (χ0v) is 11.0. The van der Waals surface area contributed by atoms with E-state index in [1.54, 1.807) is 23.1 Å². The number of rotatable bonds is 2. The molecule has 3 rings (SSSR count). The summed E-state index contributed by atoms with van der Waals surface area (Å²) in [6.07, 6.45) is 1.09. The smallest absolute Gasteiger partial charge is 0.307 e. The number of carbonyl (C=O) groups excluding carboxylic acids is 1. The van der Waals surface area contributed by atoms with Gasteiger partial charge in [0.1, 0.15) is 5.84 Å². The molecule has 2 amide bonds. The largest absolute Gasteiger partial charge is 0.327 e. The standard InChI is InChI=1S/C11H12N4O3S/c1-19(17,18)14-7-2-3-9-8(6-7)10-12-4-5-15(10)11(16)13-9/h2-3,6,14H,4-5H2,1H3,(H,13,16). The van der Waals surface area contributed by atoms with Gasteiger partial charge in [0.05, 0.1) is 18.5 Å². The number of amides is 2. The van der Waals surface area contributed by atoms with Crippen molar-refractivity contribution in [2.24, 2.45) is 4.99 Å². The van der Waals surface area contributed by atoms with Gasteiger partial charge in [-0.15, -0.1) is 0 Å². The Balaban J connectivity index is 2.05.